The molecule has 0 amide bonds. The van der Waals surface area contributed by atoms with Gasteiger partial charge in [-0.05, 0) is 36.4 Å². The number of carboxylic acid groups (broad SMARTS) is 1. The van der Waals surface area contributed by atoms with Gasteiger partial charge in [0, 0.05) is 9.79 Å². The van der Waals surface area contributed by atoms with Gasteiger partial charge in [0.2, 0.25) is 5.95 Å². The van der Waals surface area contributed by atoms with Crippen molar-refractivity contribution in [2.75, 3.05) is 7.11 Å². The number of H-pyrrole nitrogens is 1. The highest BCUT2D eigenvalue weighted by Gasteiger charge is 2.34. The van der Waals surface area contributed by atoms with Crippen molar-refractivity contribution in [2.24, 2.45) is 0 Å². The van der Waals surface area contributed by atoms with Crippen molar-refractivity contribution in [3.05, 3.63) is 54.4 Å². The van der Waals surface area contributed by atoms with E-state index < -0.39 is 17.9 Å². The van der Waals surface area contributed by atoms with E-state index in [1.54, 1.807) is 24.3 Å². The fourth-order valence-electron chi connectivity index (χ4n) is 2.79. The second-order valence-corrected chi connectivity index (χ2v) is 7.31. The number of nitrogens with zero attached hydrogens (tertiary/aromatic N) is 3. The molecular weight excluding hydrogens is 437 g/mol. The molecule has 2 aromatic carbocycles. The molecule has 0 aliphatic rings. The molecule has 160 valence electrons. The number of carbonyl (C=O) groups is 1. The summed E-state index contributed by atoms with van der Waals surface area (Å²) in [6, 6.07) is 8.97. The zero-order valence-corrected chi connectivity index (χ0v) is 16.5. The number of rotatable bonds is 5. The number of imidazole rings is 1. The Labute approximate surface area is 176 Å². The minimum atomic E-state index is -4.58. The van der Waals surface area contributed by atoms with Crippen molar-refractivity contribution < 1.29 is 32.5 Å². The SMILES string of the molecule is COc1ccc(Sc2cc3nc(-n4cc(OC(=O)O)cn4)[nH]c3cc2C(F)(F)F)cc1. The number of aromatic nitrogens is 4. The molecule has 0 atom stereocenters. The van der Waals surface area contributed by atoms with Gasteiger partial charge in [0.05, 0.1) is 36.1 Å². The first-order valence-electron chi connectivity index (χ1n) is 8.61. The van der Waals surface area contributed by atoms with Crippen molar-refractivity contribution in [1.82, 2.24) is 19.7 Å². The van der Waals surface area contributed by atoms with Gasteiger partial charge in [-0.25, -0.2) is 14.5 Å². The highest BCUT2D eigenvalue weighted by atomic mass is 32.2. The number of halogens is 3. The minimum absolute atomic E-state index is 0.0152. The Morgan fingerprint density at radius 2 is 1.94 bits per heavy atom. The van der Waals surface area contributed by atoms with Crippen LogP contribution in [-0.4, -0.2) is 38.1 Å². The molecule has 0 aliphatic heterocycles. The average Bonchev–Trinajstić information content (AvgIpc) is 3.33. The van der Waals surface area contributed by atoms with E-state index >= 15 is 0 Å². The molecule has 0 bridgehead atoms. The lowest BCUT2D eigenvalue weighted by Gasteiger charge is -2.12. The first kappa shape index (κ1) is 20.6. The fraction of sp³-hybridized carbons (Fsp3) is 0.105. The lowest BCUT2D eigenvalue weighted by molar-refractivity contribution is -0.139. The third-order valence-corrected chi connectivity index (χ3v) is 5.21. The molecule has 4 aromatic rings. The van der Waals surface area contributed by atoms with Gasteiger partial charge in [-0.15, -0.1) is 0 Å². The summed E-state index contributed by atoms with van der Waals surface area (Å²) >= 11 is 0.954. The second-order valence-electron chi connectivity index (χ2n) is 6.19. The third kappa shape index (κ3) is 4.43. The Morgan fingerprint density at radius 3 is 2.58 bits per heavy atom. The van der Waals surface area contributed by atoms with Crippen molar-refractivity contribution in [3.8, 4) is 17.4 Å². The maximum absolute atomic E-state index is 13.7. The second kappa shape index (κ2) is 7.87. The maximum atomic E-state index is 13.7. The molecule has 12 heteroatoms. The number of ether oxygens (including phenoxy) is 2. The van der Waals surface area contributed by atoms with E-state index in [0.29, 0.717) is 10.6 Å². The Hall–Kier alpha value is -3.67. The largest absolute Gasteiger partial charge is 0.511 e. The van der Waals surface area contributed by atoms with E-state index in [1.165, 1.54) is 24.1 Å². The zero-order valence-electron chi connectivity index (χ0n) is 15.7. The maximum Gasteiger partial charge on any atom is 0.511 e. The number of aromatic amines is 1. The Bertz CT molecular complexity index is 1250. The molecule has 4 rings (SSSR count). The summed E-state index contributed by atoms with van der Waals surface area (Å²) in [6.07, 6.45) is -3.71. The van der Waals surface area contributed by atoms with Crippen LogP contribution < -0.4 is 9.47 Å². The lowest BCUT2D eigenvalue weighted by atomic mass is 10.2. The van der Waals surface area contributed by atoms with Crippen LogP contribution in [0.5, 0.6) is 11.5 Å². The molecule has 0 fully saturated rings. The number of hydrogen-bond donors (Lipinski definition) is 2. The van der Waals surface area contributed by atoms with Crippen molar-refractivity contribution >= 4 is 29.0 Å². The third-order valence-electron chi connectivity index (χ3n) is 4.14. The molecule has 0 spiro atoms. The van der Waals surface area contributed by atoms with Gasteiger partial charge in [0.15, 0.2) is 5.75 Å². The molecule has 2 aromatic heterocycles. The Kier molecular flexibility index (Phi) is 5.23. The predicted molar refractivity (Wildman–Crippen MR) is 104 cm³/mol. The van der Waals surface area contributed by atoms with Gasteiger partial charge in [0.1, 0.15) is 5.75 Å². The normalized spacial score (nSPS) is 11.6. The van der Waals surface area contributed by atoms with Crippen molar-refractivity contribution in [2.45, 2.75) is 16.0 Å². The Balaban J connectivity index is 1.73. The van der Waals surface area contributed by atoms with Crippen molar-refractivity contribution in [3.63, 3.8) is 0 Å². The van der Waals surface area contributed by atoms with Gasteiger partial charge in [-0.2, -0.15) is 18.3 Å². The van der Waals surface area contributed by atoms with Crippen LogP contribution >= 0.6 is 11.8 Å². The zero-order chi connectivity index (χ0) is 22.2. The van der Waals surface area contributed by atoms with Gasteiger partial charge in [-0.1, -0.05) is 11.8 Å². The van der Waals surface area contributed by atoms with Crippen LogP contribution in [0.25, 0.3) is 17.0 Å². The smallest absolute Gasteiger partial charge is 0.497 e. The molecule has 8 nitrogen and oxygen atoms in total. The van der Waals surface area contributed by atoms with E-state index in [2.05, 4.69) is 19.8 Å². The highest BCUT2D eigenvalue weighted by Crippen LogP contribution is 2.41. The predicted octanol–water partition coefficient (Wildman–Crippen LogP) is 4.98. The number of alkyl halides is 3. The molecule has 0 radical (unpaired) electrons. The number of fused-ring (bicyclic) bond motifs is 1. The first-order chi connectivity index (χ1) is 14.7. The number of methoxy groups -OCH3 is 1. The van der Waals surface area contributed by atoms with Gasteiger partial charge in [-0.3, -0.25) is 0 Å². The molecule has 2 heterocycles. The van der Waals surface area contributed by atoms with Gasteiger partial charge < -0.3 is 19.6 Å². The summed E-state index contributed by atoms with van der Waals surface area (Å²) in [5, 5.41) is 12.6. The highest BCUT2D eigenvalue weighted by molar-refractivity contribution is 7.99. The molecule has 2 N–H and O–H groups in total. The van der Waals surface area contributed by atoms with Crippen LogP contribution in [0.1, 0.15) is 5.56 Å². The quantitative estimate of drug-likeness (QED) is 0.413. The topological polar surface area (TPSA) is 102 Å². The van der Waals surface area contributed by atoms with E-state index in [1.807, 2.05) is 0 Å². The molecule has 0 aliphatic carbocycles. The molecule has 31 heavy (non-hydrogen) atoms. The standard InChI is InChI=1S/C19H13F3N4O4S/c1-29-10-2-4-12(5-3-10)31-16-7-15-14(6-13(16)19(20,21)22)24-17(25-15)26-9-11(8-23-26)30-18(27)28/h2-9H,1H3,(H,24,25)(H,27,28). The minimum Gasteiger partial charge on any atom is -0.497 e. The lowest BCUT2D eigenvalue weighted by Crippen LogP contribution is -2.06. The number of benzene rings is 2. The summed E-state index contributed by atoms with van der Waals surface area (Å²) in [7, 11) is 1.50. The molecule has 0 saturated heterocycles. The van der Waals surface area contributed by atoms with Crippen LogP contribution in [0.2, 0.25) is 0 Å². The van der Waals surface area contributed by atoms with E-state index in [-0.39, 0.29) is 27.6 Å². The molecule has 0 saturated carbocycles. The summed E-state index contributed by atoms with van der Waals surface area (Å²) in [5.41, 5.74) is -0.376. The molecule has 0 unspecified atom stereocenters. The van der Waals surface area contributed by atoms with Crippen molar-refractivity contribution in [1.29, 1.82) is 0 Å². The van der Waals surface area contributed by atoms with Crippen LogP contribution in [0.3, 0.4) is 0 Å². The summed E-state index contributed by atoms with van der Waals surface area (Å²) in [4.78, 5) is 18.2. The van der Waals surface area contributed by atoms with Crippen LogP contribution in [0, 0.1) is 0 Å². The van der Waals surface area contributed by atoms with E-state index in [4.69, 9.17) is 9.84 Å². The van der Waals surface area contributed by atoms with E-state index in [9.17, 15) is 18.0 Å². The Morgan fingerprint density at radius 1 is 1.19 bits per heavy atom. The fourth-order valence-corrected chi connectivity index (χ4v) is 3.77. The van der Waals surface area contributed by atoms with Crippen LogP contribution in [0.4, 0.5) is 18.0 Å². The van der Waals surface area contributed by atoms with Crippen LogP contribution in [0.15, 0.2) is 58.6 Å². The monoisotopic (exact) mass is 450 g/mol. The van der Waals surface area contributed by atoms with Crippen LogP contribution in [-0.2, 0) is 6.18 Å². The summed E-state index contributed by atoms with van der Waals surface area (Å²) in [5.74, 6) is 0.646. The number of nitrogens with one attached hydrogen (secondary N) is 1. The molecular formula is C19H13F3N4O4S. The summed E-state index contributed by atoms with van der Waals surface area (Å²) < 4.78 is 51.8. The number of hydrogen-bond acceptors (Lipinski definition) is 6. The van der Waals surface area contributed by atoms with Gasteiger partial charge in [0.25, 0.3) is 0 Å². The average molecular weight is 450 g/mol. The first-order valence-corrected chi connectivity index (χ1v) is 9.43. The summed E-state index contributed by atoms with van der Waals surface area (Å²) in [6.45, 7) is 0. The van der Waals surface area contributed by atoms with Gasteiger partial charge >= 0.3 is 12.3 Å². The van der Waals surface area contributed by atoms with E-state index in [0.717, 1.165) is 24.0 Å².